The Labute approximate surface area is 95.4 Å². The molecule has 1 saturated heterocycles. The zero-order chi connectivity index (χ0) is 10.1. The van der Waals surface area contributed by atoms with E-state index in [1.165, 1.54) is 11.8 Å². The maximum atomic E-state index is 11.4. The molecule has 0 unspecified atom stereocenters. The SMILES string of the molecule is CC(=C1SC(=S)NC1=O)c1cccs1. The molecule has 2 rings (SSSR count). The van der Waals surface area contributed by atoms with Gasteiger partial charge in [-0.05, 0) is 23.9 Å². The normalized spacial score (nSPS) is 19.8. The topological polar surface area (TPSA) is 29.1 Å². The molecule has 1 amide bonds. The van der Waals surface area contributed by atoms with Crippen LogP contribution in [0.3, 0.4) is 0 Å². The molecule has 0 saturated carbocycles. The Morgan fingerprint density at radius 1 is 1.57 bits per heavy atom. The zero-order valence-electron chi connectivity index (χ0n) is 7.37. The summed E-state index contributed by atoms with van der Waals surface area (Å²) in [5, 5.41) is 4.61. The van der Waals surface area contributed by atoms with Crippen molar-refractivity contribution in [3.8, 4) is 0 Å². The van der Waals surface area contributed by atoms with Crippen LogP contribution in [-0.2, 0) is 4.79 Å². The lowest BCUT2D eigenvalue weighted by Crippen LogP contribution is -2.18. The number of thiocarbonyl (C=S) groups is 1. The molecule has 0 atom stereocenters. The van der Waals surface area contributed by atoms with E-state index in [0.717, 1.165) is 15.4 Å². The lowest BCUT2D eigenvalue weighted by atomic mass is 10.2. The number of hydrogen-bond donors (Lipinski definition) is 1. The summed E-state index contributed by atoms with van der Waals surface area (Å²) in [5.74, 6) is -0.0779. The lowest BCUT2D eigenvalue weighted by molar-refractivity contribution is -0.115. The van der Waals surface area contributed by atoms with Crippen LogP contribution in [0.5, 0.6) is 0 Å². The highest BCUT2D eigenvalue weighted by atomic mass is 32.2. The molecule has 0 aromatic carbocycles. The molecule has 0 radical (unpaired) electrons. The van der Waals surface area contributed by atoms with Crippen LogP contribution >= 0.6 is 35.3 Å². The van der Waals surface area contributed by atoms with E-state index in [1.54, 1.807) is 11.3 Å². The van der Waals surface area contributed by atoms with Gasteiger partial charge in [-0.2, -0.15) is 0 Å². The second-order valence-electron chi connectivity index (χ2n) is 2.78. The van der Waals surface area contributed by atoms with Gasteiger partial charge in [-0.3, -0.25) is 4.79 Å². The fraction of sp³-hybridized carbons (Fsp3) is 0.111. The van der Waals surface area contributed by atoms with Crippen LogP contribution in [0.25, 0.3) is 5.57 Å². The molecule has 2 heterocycles. The van der Waals surface area contributed by atoms with Crippen LogP contribution in [0.2, 0.25) is 0 Å². The van der Waals surface area contributed by atoms with Crippen LogP contribution in [0.1, 0.15) is 11.8 Å². The summed E-state index contributed by atoms with van der Waals surface area (Å²) in [6.45, 7) is 1.95. The van der Waals surface area contributed by atoms with Crippen LogP contribution in [0, 0.1) is 0 Å². The number of allylic oxidation sites excluding steroid dienone is 1. The monoisotopic (exact) mass is 241 g/mol. The van der Waals surface area contributed by atoms with Crippen molar-refractivity contribution >= 4 is 51.1 Å². The van der Waals surface area contributed by atoms with Crippen molar-refractivity contribution in [2.24, 2.45) is 0 Å². The van der Waals surface area contributed by atoms with E-state index in [9.17, 15) is 4.79 Å². The first-order chi connectivity index (χ1) is 6.68. The molecule has 14 heavy (non-hydrogen) atoms. The highest BCUT2D eigenvalue weighted by molar-refractivity contribution is 8.26. The van der Waals surface area contributed by atoms with Gasteiger partial charge in [0.25, 0.3) is 5.91 Å². The van der Waals surface area contributed by atoms with Crippen LogP contribution in [0.15, 0.2) is 22.4 Å². The molecule has 1 aliphatic rings. The largest absolute Gasteiger partial charge is 0.307 e. The van der Waals surface area contributed by atoms with Crippen molar-refractivity contribution in [3.63, 3.8) is 0 Å². The highest BCUT2D eigenvalue weighted by Crippen LogP contribution is 2.33. The van der Waals surface area contributed by atoms with Crippen molar-refractivity contribution in [1.29, 1.82) is 0 Å². The van der Waals surface area contributed by atoms with Gasteiger partial charge in [-0.25, -0.2) is 0 Å². The van der Waals surface area contributed by atoms with Crippen LogP contribution in [0.4, 0.5) is 0 Å². The minimum Gasteiger partial charge on any atom is -0.307 e. The van der Waals surface area contributed by atoms with Gasteiger partial charge in [-0.15, -0.1) is 11.3 Å². The van der Waals surface area contributed by atoms with Crippen molar-refractivity contribution in [1.82, 2.24) is 5.32 Å². The van der Waals surface area contributed by atoms with Gasteiger partial charge in [-0.1, -0.05) is 30.0 Å². The lowest BCUT2D eigenvalue weighted by Gasteiger charge is -1.98. The Balaban J connectivity index is 2.41. The van der Waals surface area contributed by atoms with Crippen LogP contribution < -0.4 is 5.32 Å². The van der Waals surface area contributed by atoms with Gasteiger partial charge >= 0.3 is 0 Å². The molecular weight excluding hydrogens is 234 g/mol. The first-order valence-electron chi connectivity index (χ1n) is 3.96. The highest BCUT2D eigenvalue weighted by Gasteiger charge is 2.24. The summed E-state index contributed by atoms with van der Waals surface area (Å²) < 4.78 is 0.543. The summed E-state index contributed by atoms with van der Waals surface area (Å²) in [4.78, 5) is 13.3. The van der Waals surface area contributed by atoms with Gasteiger partial charge in [0.05, 0.1) is 4.91 Å². The average Bonchev–Trinajstić information content (AvgIpc) is 2.73. The van der Waals surface area contributed by atoms with Gasteiger partial charge in [0, 0.05) is 4.88 Å². The summed E-state index contributed by atoms with van der Waals surface area (Å²) in [7, 11) is 0. The maximum Gasteiger partial charge on any atom is 0.263 e. The Morgan fingerprint density at radius 3 is 2.86 bits per heavy atom. The van der Waals surface area contributed by atoms with Crippen molar-refractivity contribution < 1.29 is 4.79 Å². The number of nitrogens with one attached hydrogen (secondary N) is 1. The third kappa shape index (κ3) is 1.75. The summed E-state index contributed by atoms with van der Waals surface area (Å²) in [6, 6.07) is 3.97. The second-order valence-corrected chi connectivity index (χ2v) is 5.41. The number of thioether (sulfide) groups is 1. The predicted molar refractivity (Wildman–Crippen MR) is 65.2 cm³/mol. The minimum absolute atomic E-state index is 0.0779. The number of carbonyl (C=O) groups excluding carboxylic acids is 1. The molecule has 0 aliphatic carbocycles. The fourth-order valence-electron chi connectivity index (χ4n) is 1.16. The maximum absolute atomic E-state index is 11.4. The zero-order valence-corrected chi connectivity index (χ0v) is 9.81. The van der Waals surface area contributed by atoms with E-state index in [-0.39, 0.29) is 5.91 Å². The van der Waals surface area contributed by atoms with E-state index in [0.29, 0.717) is 4.32 Å². The molecule has 1 aromatic heterocycles. The van der Waals surface area contributed by atoms with E-state index < -0.39 is 0 Å². The summed E-state index contributed by atoms with van der Waals surface area (Å²) >= 11 is 7.89. The fourth-order valence-corrected chi connectivity index (χ4v) is 3.05. The standard InChI is InChI=1S/C9H7NOS3/c1-5(6-3-2-4-13-6)7-8(11)10-9(12)14-7/h2-4H,1H3,(H,10,11,12). The van der Waals surface area contributed by atoms with Crippen molar-refractivity contribution in [2.45, 2.75) is 6.92 Å². The molecule has 0 spiro atoms. The Bertz CT molecular complexity index is 419. The van der Waals surface area contributed by atoms with E-state index in [4.69, 9.17) is 12.2 Å². The Morgan fingerprint density at radius 2 is 2.36 bits per heavy atom. The molecule has 2 nitrogen and oxygen atoms in total. The molecule has 5 heteroatoms. The third-order valence-electron chi connectivity index (χ3n) is 1.85. The van der Waals surface area contributed by atoms with E-state index in [1.807, 2.05) is 24.4 Å². The van der Waals surface area contributed by atoms with E-state index in [2.05, 4.69) is 5.32 Å². The molecule has 72 valence electrons. The molecule has 1 aliphatic heterocycles. The van der Waals surface area contributed by atoms with Gasteiger partial charge in [0.1, 0.15) is 4.32 Å². The van der Waals surface area contributed by atoms with Gasteiger partial charge in [0.15, 0.2) is 0 Å². The number of hydrogen-bond acceptors (Lipinski definition) is 4. The van der Waals surface area contributed by atoms with Crippen LogP contribution in [-0.4, -0.2) is 10.2 Å². The minimum atomic E-state index is -0.0779. The second kappa shape index (κ2) is 3.84. The van der Waals surface area contributed by atoms with Crippen molar-refractivity contribution in [2.75, 3.05) is 0 Å². The average molecular weight is 241 g/mol. The number of carbonyl (C=O) groups is 1. The number of thiophene rings is 1. The third-order valence-corrected chi connectivity index (χ3v) is 4.17. The number of amides is 1. The quantitative estimate of drug-likeness (QED) is 0.605. The summed E-state index contributed by atoms with van der Waals surface area (Å²) in [6.07, 6.45) is 0. The first kappa shape index (κ1) is 9.89. The molecule has 1 N–H and O–H groups in total. The smallest absolute Gasteiger partial charge is 0.263 e. The molecular formula is C9H7NOS3. The van der Waals surface area contributed by atoms with Gasteiger partial charge < -0.3 is 5.32 Å². The summed E-state index contributed by atoms with van der Waals surface area (Å²) in [5.41, 5.74) is 1.00. The first-order valence-corrected chi connectivity index (χ1v) is 6.07. The molecule has 1 fully saturated rings. The Kier molecular flexibility index (Phi) is 2.71. The van der Waals surface area contributed by atoms with Gasteiger partial charge in [0.2, 0.25) is 0 Å². The Hall–Kier alpha value is -0.650. The number of rotatable bonds is 1. The van der Waals surface area contributed by atoms with Crippen molar-refractivity contribution in [3.05, 3.63) is 27.3 Å². The van der Waals surface area contributed by atoms with E-state index >= 15 is 0 Å². The predicted octanol–water partition coefficient (Wildman–Crippen LogP) is 2.63. The molecule has 0 bridgehead atoms. The molecule has 1 aromatic rings.